The normalized spacial score (nSPS) is 18.9. The number of aromatic nitrogens is 2. The number of halogens is 1. The van der Waals surface area contributed by atoms with Crippen molar-refractivity contribution in [1.82, 2.24) is 14.7 Å². The summed E-state index contributed by atoms with van der Waals surface area (Å²) in [5.41, 5.74) is 5.55. The van der Waals surface area contributed by atoms with Gasteiger partial charge in [-0.1, -0.05) is 0 Å². The Morgan fingerprint density at radius 1 is 1.32 bits per heavy atom. The number of hydrogen-bond donors (Lipinski definition) is 2. The number of carbonyl (C=O) groups excluding carboxylic acids is 2. The number of ether oxygens (including phenoxy) is 1. The lowest BCUT2D eigenvalue weighted by Gasteiger charge is -2.36. The number of carbonyl (C=O) groups is 2. The topological polar surface area (TPSA) is 126 Å². The van der Waals surface area contributed by atoms with Gasteiger partial charge in [-0.25, -0.2) is 9.18 Å². The minimum atomic E-state index is -0.685. The van der Waals surface area contributed by atoms with E-state index in [0.717, 1.165) is 0 Å². The van der Waals surface area contributed by atoms with Crippen LogP contribution < -0.4 is 11.1 Å². The predicted octanol–water partition coefficient (Wildman–Crippen LogP) is 3.19. The van der Waals surface area contributed by atoms with Gasteiger partial charge in [0.15, 0.2) is 5.82 Å². The molecule has 1 aromatic carbocycles. The van der Waals surface area contributed by atoms with Crippen LogP contribution in [-0.4, -0.2) is 45.4 Å². The molecular weight excluding hydrogens is 403 g/mol. The molecule has 0 aliphatic carbocycles. The molecule has 2 amide bonds. The number of amides is 2. The van der Waals surface area contributed by atoms with Crippen molar-refractivity contribution in [3.8, 4) is 6.07 Å². The van der Waals surface area contributed by atoms with Crippen LogP contribution in [0.15, 0.2) is 30.5 Å². The molecule has 1 aromatic heterocycles. The largest absolute Gasteiger partial charge is 0.444 e. The summed E-state index contributed by atoms with van der Waals surface area (Å²) in [6.45, 7) is 5.91. The van der Waals surface area contributed by atoms with Gasteiger partial charge in [-0.3, -0.25) is 9.48 Å². The second-order valence-electron chi connectivity index (χ2n) is 8.39. The van der Waals surface area contributed by atoms with E-state index in [1.165, 1.54) is 40.0 Å². The van der Waals surface area contributed by atoms with Crippen LogP contribution in [0.2, 0.25) is 0 Å². The van der Waals surface area contributed by atoms with Gasteiger partial charge in [0.2, 0.25) is 0 Å². The molecule has 164 valence electrons. The van der Waals surface area contributed by atoms with E-state index in [-0.39, 0.29) is 29.8 Å². The third-order valence-corrected chi connectivity index (χ3v) is 4.84. The number of rotatable bonds is 4. The molecule has 1 aliphatic rings. The van der Waals surface area contributed by atoms with Crippen molar-refractivity contribution in [2.45, 2.75) is 38.8 Å². The first-order valence-corrected chi connectivity index (χ1v) is 9.86. The number of benzene rings is 1. The molecule has 9 nitrogen and oxygen atoms in total. The summed E-state index contributed by atoms with van der Waals surface area (Å²) in [5.74, 6) is -1.42. The Morgan fingerprint density at radius 2 is 2.00 bits per heavy atom. The third-order valence-electron chi connectivity index (χ3n) is 4.84. The Hall–Kier alpha value is -3.61. The van der Waals surface area contributed by atoms with Gasteiger partial charge in [0, 0.05) is 25.0 Å². The second-order valence-corrected chi connectivity index (χ2v) is 8.39. The zero-order valence-electron chi connectivity index (χ0n) is 17.6. The van der Waals surface area contributed by atoms with Crippen LogP contribution in [0, 0.1) is 23.1 Å². The van der Waals surface area contributed by atoms with Crippen LogP contribution in [-0.2, 0) is 4.74 Å². The quantitative estimate of drug-likeness (QED) is 0.770. The van der Waals surface area contributed by atoms with Gasteiger partial charge in [0.05, 0.1) is 18.0 Å². The fraction of sp³-hybridized carbons (Fsp3) is 0.429. The molecule has 2 heterocycles. The SMILES string of the molecule is CC(C)(C)OC(=O)N1CC[C@H](n2cc(C(N)=O)c(Nc3ccc(F)cc3)n2)[C@@H](C#N)C1. The first-order valence-electron chi connectivity index (χ1n) is 9.86. The Labute approximate surface area is 179 Å². The Kier molecular flexibility index (Phi) is 6.15. The fourth-order valence-corrected chi connectivity index (χ4v) is 3.38. The van der Waals surface area contributed by atoms with Crippen molar-refractivity contribution in [2.75, 3.05) is 18.4 Å². The number of piperidine rings is 1. The zero-order valence-corrected chi connectivity index (χ0v) is 17.6. The minimum Gasteiger partial charge on any atom is -0.444 e. The lowest BCUT2D eigenvalue weighted by molar-refractivity contribution is 0.0143. The van der Waals surface area contributed by atoms with Gasteiger partial charge < -0.3 is 20.7 Å². The average molecular weight is 428 g/mol. The highest BCUT2D eigenvalue weighted by atomic mass is 19.1. The van der Waals surface area contributed by atoms with Gasteiger partial charge in [-0.15, -0.1) is 0 Å². The zero-order chi connectivity index (χ0) is 22.8. The standard InChI is InChI=1S/C21H25FN6O3/c1-21(2,3)31-20(30)27-9-8-17(13(10-23)11-27)28-12-16(18(24)29)19(26-28)25-15-6-4-14(22)5-7-15/h4-7,12-13,17H,8-9,11H2,1-3H3,(H2,24,29)(H,25,26)/t13-,17-/m0/s1. The number of hydrogen-bond acceptors (Lipinski definition) is 6. The second kappa shape index (κ2) is 8.63. The number of nitrogens with one attached hydrogen (secondary N) is 1. The van der Waals surface area contributed by atoms with E-state index >= 15 is 0 Å². The highest BCUT2D eigenvalue weighted by Crippen LogP contribution is 2.31. The summed E-state index contributed by atoms with van der Waals surface area (Å²) in [6.07, 6.45) is 1.47. The van der Waals surface area contributed by atoms with Gasteiger partial charge in [-0.05, 0) is 51.5 Å². The monoisotopic (exact) mass is 428 g/mol. The third kappa shape index (κ3) is 5.31. The van der Waals surface area contributed by atoms with Crippen molar-refractivity contribution in [2.24, 2.45) is 11.7 Å². The molecule has 1 aliphatic heterocycles. The average Bonchev–Trinajstić information content (AvgIpc) is 3.12. The summed E-state index contributed by atoms with van der Waals surface area (Å²) in [6, 6.07) is 7.45. The highest BCUT2D eigenvalue weighted by Gasteiger charge is 2.35. The van der Waals surface area contributed by atoms with Crippen molar-refractivity contribution < 1.29 is 18.7 Å². The number of likely N-dealkylation sites (tertiary alicyclic amines) is 1. The maximum absolute atomic E-state index is 13.2. The lowest BCUT2D eigenvalue weighted by Crippen LogP contribution is -2.46. The van der Waals surface area contributed by atoms with E-state index < -0.39 is 23.5 Å². The van der Waals surface area contributed by atoms with Crippen molar-refractivity contribution in [3.05, 3.63) is 41.8 Å². The number of nitriles is 1. The molecular formula is C21H25FN6O3. The van der Waals surface area contributed by atoms with E-state index in [1.54, 1.807) is 20.8 Å². The van der Waals surface area contributed by atoms with Gasteiger partial charge >= 0.3 is 6.09 Å². The predicted molar refractivity (Wildman–Crippen MR) is 111 cm³/mol. The summed E-state index contributed by atoms with van der Waals surface area (Å²) in [5, 5.41) is 17.1. The van der Waals surface area contributed by atoms with Crippen molar-refractivity contribution >= 4 is 23.5 Å². The summed E-state index contributed by atoms with van der Waals surface area (Å²) in [7, 11) is 0. The molecule has 1 fully saturated rings. The van der Waals surface area contributed by atoms with Crippen LogP contribution >= 0.6 is 0 Å². The molecule has 0 spiro atoms. The number of nitrogens with two attached hydrogens (primary N) is 1. The Balaban J connectivity index is 1.80. The van der Waals surface area contributed by atoms with Crippen LogP contribution in [0.1, 0.15) is 43.6 Å². The van der Waals surface area contributed by atoms with Gasteiger partial charge in [0.1, 0.15) is 17.0 Å². The van der Waals surface area contributed by atoms with Crippen LogP contribution in [0.5, 0.6) is 0 Å². The van der Waals surface area contributed by atoms with Gasteiger partial charge in [0.25, 0.3) is 5.91 Å². The molecule has 2 aromatic rings. The fourth-order valence-electron chi connectivity index (χ4n) is 3.38. The number of nitrogens with zero attached hydrogens (tertiary/aromatic N) is 4. The Bertz CT molecular complexity index is 1010. The summed E-state index contributed by atoms with van der Waals surface area (Å²) >= 11 is 0. The van der Waals surface area contributed by atoms with Gasteiger partial charge in [-0.2, -0.15) is 10.4 Å². The molecule has 31 heavy (non-hydrogen) atoms. The van der Waals surface area contributed by atoms with Crippen LogP contribution in [0.3, 0.4) is 0 Å². The molecule has 0 bridgehead atoms. The molecule has 2 atom stereocenters. The van der Waals surface area contributed by atoms with Crippen LogP contribution in [0.4, 0.5) is 20.7 Å². The summed E-state index contributed by atoms with van der Waals surface area (Å²) < 4.78 is 20.1. The minimum absolute atomic E-state index is 0.149. The van der Waals surface area contributed by atoms with Crippen LogP contribution in [0.25, 0.3) is 0 Å². The number of anilines is 2. The Morgan fingerprint density at radius 3 is 2.58 bits per heavy atom. The van der Waals surface area contributed by atoms with E-state index in [0.29, 0.717) is 18.7 Å². The van der Waals surface area contributed by atoms with E-state index in [4.69, 9.17) is 10.5 Å². The highest BCUT2D eigenvalue weighted by molar-refractivity contribution is 5.98. The number of primary amides is 1. The molecule has 0 saturated carbocycles. The van der Waals surface area contributed by atoms with E-state index in [9.17, 15) is 19.2 Å². The molecule has 3 N–H and O–H groups in total. The molecule has 0 unspecified atom stereocenters. The first-order chi connectivity index (χ1) is 14.6. The molecule has 3 rings (SSSR count). The van der Waals surface area contributed by atoms with E-state index in [1.807, 2.05) is 0 Å². The molecule has 1 saturated heterocycles. The maximum atomic E-state index is 13.2. The van der Waals surface area contributed by atoms with E-state index in [2.05, 4.69) is 16.5 Å². The maximum Gasteiger partial charge on any atom is 0.410 e. The first kappa shape index (κ1) is 22.1. The lowest BCUT2D eigenvalue weighted by atomic mass is 9.94. The molecule has 10 heteroatoms. The van der Waals surface area contributed by atoms with Crippen molar-refractivity contribution in [1.29, 1.82) is 5.26 Å². The molecule has 0 radical (unpaired) electrons. The summed E-state index contributed by atoms with van der Waals surface area (Å²) in [4.78, 5) is 25.8. The smallest absolute Gasteiger partial charge is 0.410 e. The van der Waals surface area contributed by atoms with Crippen molar-refractivity contribution in [3.63, 3.8) is 0 Å².